The molecule has 174 valence electrons. The van der Waals surface area contributed by atoms with E-state index in [9.17, 15) is 29.7 Å². The molecule has 0 unspecified atom stereocenters. The zero-order chi connectivity index (χ0) is 23.1. The van der Waals surface area contributed by atoms with E-state index in [4.69, 9.17) is 14.2 Å². The maximum Gasteiger partial charge on any atom is 0.342 e. The van der Waals surface area contributed by atoms with Crippen molar-refractivity contribution in [1.82, 2.24) is 4.90 Å². The molecular weight excluding hydrogens is 410 g/mol. The highest BCUT2D eigenvalue weighted by atomic mass is 16.6. The largest absolute Gasteiger partial charge is 0.459 e. The molecule has 3 aliphatic heterocycles. The number of rotatable bonds is 2. The quantitative estimate of drug-likeness (QED) is 0.286. The van der Waals surface area contributed by atoms with Crippen molar-refractivity contribution >= 4 is 17.9 Å². The average molecular weight is 441 g/mol. The molecule has 0 radical (unpaired) electrons. The van der Waals surface area contributed by atoms with Gasteiger partial charge in [-0.15, -0.1) is 0 Å². The molecule has 2 saturated heterocycles. The summed E-state index contributed by atoms with van der Waals surface area (Å²) in [6.07, 6.45) is -2.10. The molecule has 31 heavy (non-hydrogen) atoms. The van der Waals surface area contributed by atoms with Crippen LogP contribution in [0.3, 0.4) is 0 Å². The van der Waals surface area contributed by atoms with Crippen LogP contribution in [0.25, 0.3) is 0 Å². The second-order valence-corrected chi connectivity index (χ2v) is 8.77. The maximum atomic E-state index is 13.0. The predicted molar refractivity (Wildman–Crippen MR) is 105 cm³/mol. The molecule has 0 amide bonds. The molecular formula is C21H31NO9. The monoisotopic (exact) mass is 441 g/mol. The minimum Gasteiger partial charge on any atom is -0.459 e. The highest BCUT2D eigenvalue weighted by Crippen LogP contribution is 2.35. The highest BCUT2D eigenvalue weighted by Gasteiger charge is 2.55. The molecule has 6 atom stereocenters. The van der Waals surface area contributed by atoms with E-state index in [2.05, 4.69) is 0 Å². The number of carbonyl (C=O) groups excluding carboxylic acids is 3. The van der Waals surface area contributed by atoms with Crippen molar-refractivity contribution in [2.45, 2.75) is 76.1 Å². The van der Waals surface area contributed by atoms with Crippen molar-refractivity contribution in [2.75, 3.05) is 19.7 Å². The molecule has 0 aromatic heterocycles. The summed E-state index contributed by atoms with van der Waals surface area (Å²) in [5.74, 6) is -4.34. The zero-order valence-electron chi connectivity index (χ0n) is 18.2. The van der Waals surface area contributed by atoms with Gasteiger partial charge in [0.05, 0.1) is 6.04 Å². The summed E-state index contributed by atoms with van der Waals surface area (Å²) >= 11 is 0. The summed E-state index contributed by atoms with van der Waals surface area (Å²) < 4.78 is 16.0. The third kappa shape index (κ3) is 3.86. The van der Waals surface area contributed by atoms with E-state index in [0.717, 1.165) is 5.57 Å². The van der Waals surface area contributed by atoms with Crippen molar-refractivity contribution in [1.29, 1.82) is 0 Å². The van der Waals surface area contributed by atoms with Gasteiger partial charge in [-0.05, 0) is 31.3 Å². The van der Waals surface area contributed by atoms with E-state index in [-0.39, 0.29) is 19.1 Å². The fourth-order valence-electron chi connectivity index (χ4n) is 4.41. The zero-order valence-corrected chi connectivity index (χ0v) is 18.2. The maximum absolute atomic E-state index is 13.0. The van der Waals surface area contributed by atoms with Crippen LogP contribution in [0.5, 0.6) is 0 Å². The number of carbonyl (C=O) groups is 3. The first kappa shape index (κ1) is 23.6. The van der Waals surface area contributed by atoms with Gasteiger partial charge < -0.3 is 29.5 Å². The SMILES string of the molecule is CC[C@@]1(O)C(=O)OCC2=CCN3CC[C@@H](OC(=O)[C@@](O)(C(C)C)[C@H](O)C(=O)O[C@@H]1C)[C@@H]23. The van der Waals surface area contributed by atoms with Crippen LogP contribution >= 0.6 is 0 Å². The van der Waals surface area contributed by atoms with Crippen LogP contribution in [-0.4, -0.2) is 93.4 Å². The van der Waals surface area contributed by atoms with Crippen molar-refractivity contribution < 1.29 is 43.9 Å². The summed E-state index contributed by atoms with van der Waals surface area (Å²) in [6.45, 7) is 6.82. The van der Waals surface area contributed by atoms with Crippen LogP contribution in [0.15, 0.2) is 11.6 Å². The third-order valence-electron chi connectivity index (χ3n) is 6.75. The molecule has 0 aromatic rings. The van der Waals surface area contributed by atoms with Crippen LogP contribution in [0, 0.1) is 5.92 Å². The molecule has 0 bridgehead atoms. The molecule has 0 saturated carbocycles. The van der Waals surface area contributed by atoms with Crippen molar-refractivity contribution in [2.24, 2.45) is 5.92 Å². The van der Waals surface area contributed by atoms with E-state index in [1.165, 1.54) is 27.7 Å². The third-order valence-corrected chi connectivity index (χ3v) is 6.75. The number of esters is 3. The molecule has 3 N–H and O–H groups in total. The Morgan fingerprint density at radius 2 is 1.87 bits per heavy atom. The van der Waals surface area contributed by atoms with Gasteiger partial charge in [0.15, 0.2) is 11.7 Å². The molecule has 2 fully saturated rings. The Morgan fingerprint density at radius 3 is 2.48 bits per heavy atom. The van der Waals surface area contributed by atoms with Crippen LogP contribution in [-0.2, 0) is 28.6 Å². The Bertz CT molecular complexity index is 781. The number of hydrogen-bond acceptors (Lipinski definition) is 10. The summed E-state index contributed by atoms with van der Waals surface area (Å²) in [4.78, 5) is 40.3. The average Bonchev–Trinajstić information content (AvgIpc) is 3.32. The number of ether oxygens (including phenoxy) is 3. The number of aliphatic hydroxyl groups excluding tert-OH is 1. The summed E-state index contributed by atoms with van der Waals surface area (Å²) in [5.41, 5.74) is -4.01. The minimum absolute atomic E-state index is 0.117. The summed E-state index contributed by atoms with van der Waals surface area (Å²) in [7, 11) is 0. The molecule has 3 heterocycles. The summed E-state index contributed by atoms with van der Waals surface area (Å²) in [5, 5.41) is 32.5. The Morgan fingerprint density at radius 1 is 1.19 bits per heavy atom. The van der Waals surface area contributed by atoms with E-state index >= 15 is 0 Å². The Labute approximate surface area is 180 Å². The standard InChI is InChI=1S/C21H31NO9/c1-5-20(27)12(4)30-17(24)16(23)21(28,11(2)3)19(26)31-14-7-9-22-8-6-13(15(14)22)10-29-18(20)25/h6,11-12,14-16,23,27-28H,5,7-10H2,1-4H3/t12-,14-,15-,16-,20+,21-/m1/s1. The lowest BCUT2D eigenvalue weighted by Crippen LogP contribution is -2.60. The highest BCUT2D eigenvalue weighted by molar-refractivity contribution is 5.90. The Kier molecular flexibility index (Phi) is 6.48. The lowest BCUT2D eigenvalue weighted by molar-refractivity contribution is -0.211. The van der Waals surface area contributed by atoms with Gasteiger partial charge in [0.25, 0.3) is 0 Å². The summed E-state index contributed by atoms with van der Waals surface area (Å²) in [6, 6.07) is -0.354. The molecule has 0 aromatic carbocycles. The van der Waals surface area contributed by atoms with E-state index in [1.807, 2.05) is 11.0 Å². The van der Waals surface area contributed by atoms with Gasteiger partial charge in [-0.3, -0.25) is 4.90 Å². The fraction of sp³-hybridized carbons (Fsp3) is 0.762. The topological polar surface area (TPSA) is 143 Å². The van der Waals surface area contributed by atoms with Crippen LogP contribution in [0.1, 0.15) is 40.5 Å². The predicted octanol–water partition coefficient (Wildman–Crippen LogP) is -0.710. The fourth-order valence-corrected chi connectivity index (χ4v) is 4.41. The van der Waals surface area contributed by atoms with Crippen LogP contribution < -0.4 is 0 Å². The molecule has 0 aliphatic carbocycles. The number of aliphatic hydroxyl groups is 3. The lowest BCUT2D eigenvalue weighted by Gasteiger charge is -2.37. The smallest absolute Gasteiger partial charge is 0.342 e. The molecule has 10 nitrogen and oxygen atoms in total. The Hall–Kier alpha value is -2.01. The molecule has 0 spiro atoms. The minimum atomic E-state index is -2.57. The Balaban J connectivity index is 2.01. The second-order valence-electron chi connectivity index (χ2n) is 8.77. The van der Waals surface area contributed by atoms with Crippen molar-refractivity contribution in [3.05, 3.63) is 11.6 Å². The number of nitrogens with zero attached hydrogens (tertiary/aromatic N) is 1. The van der Waals surface area contributed by atoms with Gasteiger partial charge >= 0.3 is 17.9 Å². The van der Waals surface area contributed by atoms with Gasteiger partial charge in [0.1, 0.15) is 18.8 Å². The van der Waals surface area contributed by atoms with E-state index in [1.54, 1.807) is 0 Å². The first-order valence-corrected chi connectivity index (χ1v) is 10.6. The molecule has 3 rings (SSSR count). The second kappa shape index (κ2) is 8.50. The van der Waals surface area contributed by atoms with Gasteiger partial charge in [-0.2, -0.15) is 0 Å². The van der Waals surface area contributed by atoms with Crippen LogP contribution in [0.2, 0.25) is 0 Å². The van der Waals surface area contributed by atoms with Crippen LogP contribution in [0.4, 0.5) is 0 Å². The number of hydrogen-bond donors (Lipinski definition) is 3. The lowest BCUT2D eigenvalue weighted by atomic mass is 9.84. The van der Waals surface area contributed by atoms with Gasteiger partial charge in [-0.1, -0.05) is 26.8 Å². The van der Waals surface area contributed by atoms with Crippen molar-refractivity contribution in [3.8, 4) is 0 Å². The van der Waals surface area contributed by atoms with E-state index in [0.29, 0.717) is 19.5 Å². The molecule has 3 aliphatic rings. The first-order valence-electron chi connectivity index (χ1n) is 10.6. The van der Waals surface area contributed by atoms with Crippen molar-refractivity contribution in [3.63, 3.8) is 0 Å². The first-order chi connectivity index (χ1) is 14.5. The van der Waals surface area contributed by atoms with Gasteiger partial charge in [0.2, 0.25) is 5.60 Å². The number of cyclic esters (lactones) is 2. The normalized spacial score (nSPS) is 40.0. The molecule has 10 heteroatoms. The van der Waals surface area contributed by atoms with E-state index < -0.39 is 53.3 Å². The van der Waals surface area contributed by atoms with Gasteiger partial charge in [-0.25, -0.2) is 14.4 Å². The van der Waals surface area contributed by atoms with Gasteiger partial charge in [0, 0.05) is 13.1 Å².